The number of nitrogens with zero attached hydrogens (tertiary/aromatic N) is 5. The van der Waals surface area contributed by atoms with Gasteiger partial charge < -0.3 is 27.5 Å². The van der Waals surface area contributed by atoms with Crippen molar-refractivity contribution in [1.29, 1.82) is 0 Å². The van der Waals surface area contributed by atoms with Gasteiger partial charge in [0.1, 0.15) is 0 Å². The van der Waals surface area contributed by atoms with Gasteiger partial charge in [0.2, 0.25) is 0 Å². The zero-order chi connectivity index (χ0) is 17.0. The minimum atomic E-state index is -1.38. The molecule has 2 aromatic heterocycles. The molecule has 0 bridgehead atoms. The van der Waals surface area contributed by atoms with Crippen LogP contribution in [-0.2, 0) is 0 Å². The third kappa shape index (κ3) is 4.91. The first kappa shape index (κ1) is 18.8. The van der Waals surface area contributed by atoms with Crippen molar-refractivity contribution in [3.8, 4) is 5.95 Å². The molecule has 12 heteroatoms. The Bertz CT molecular complexity index is 704. The van der Waals surface area contributed by atoms with Gasteiger partial charge in [-0.25, -0.2) is 24.8 Å². The van der Waals surface area contributed by atoms with Crippen molar-refractivity contribution in [2.75, 3.05) is 29.6 Å². The Hall–Kier alpha value is -3.21. The largest absolute Gasteiger partial charge is 1.00 e. The molecular formula is C12H14ClN7O4. The van der Waals surface area contributed by atoms with Crippen molar-refractivity contribution < 1.29 is 36.8 Å². The number of amides is 2. The van der Waals surface area contributed by atoms with E-state index in [1.54, 1.807) is 24.5 Å². The summed E-state index contributed by atoms with van der Waals surface area (Å²) in [6, 6.07) is 3.58. The molecule has 2 amide bonds. The van der Waals surface area contributed by atoms with Gasteiger partial charge in [-0.05, 0) is 22.1 Å². The second-order valence-corrected chi connectivity index (χ2v) is 4.50. The molecule has 11 nitrogen and oxygen atoms in total. The normalized spacial score (nSPS) is 9.58. The summed E-state index contributed by atoms with van der Waals surface area (Å²) in [6.07, 6.45) is 0.548. The molecule has 0 spiro atoms. The molecular weight excluding hydrogens is 342 g/mol. The maximum absolute atomic E-state index is 10.7. The average Bonchev–Trinajstić information content (AvgIpc) is 2.45. The maximum atomic E-state index is 10.7. The number of anilines is 3. The van der Waals surface area contributed by atoms with E-state index in [2.05, 4.69) is 15.0 Å². The van der Waals surface area contributed by atoms with Gasteiger partial charge in [0.15, 0.2) is 0 Å². The first-order chi connectivity index (χ1) is 10.8. The highest BCUT2D eigenvalue weighted by Gasteiger charge is 2.20. The summed E-state index contributed by atoms with van der Waals surface area (Å²) in [5.41, 5.74) is 0.933. The molecule has 4 N–H and O–H groups in total. The van der Waals surface area contributed by atoms with Crippen molar-refractivity contribution >= 4 is 29.8 Å². The van der Waals surface area contributed by atoms with Crippen molar-refractivity contribution in [2.24, 2.45) is 0 Å². The van der Waals surface area contributed by atoms with Crippen LogP contribution in [0.1, 0.15) is 0 Å². The average molecular weight is 356 g/mol. The summed E-state index contributed by atoms with van der Waals surface area (Å²) in [6.45, 7) is 0. The number of halogens is 1. The van der Waals surface area contributed by atoms with Crippen LogP contribution in [0.15, 0.2) is 24.5 Å². The Kier molecular flexibility index (Phi) is 6.18. The van der Waals surface area contributed by atoms with E-state index in [1.165, 1.54) is 4.57 Å². The summed E-state index contributed by atoms with van der Waals surface area (Å²) >= 11 is 0. The SMILES string of the molecule is CN(C)c1cc[n+](-c2nc(NC(=O)O)nc(NC(=O)O)n2)cc1.[Cl-]. The lowest BCUT2D eigenvalue weighted by molar-refractivity contribution is -0.603. The molecule has 2 heterocycles. The van der Waals surface area contributed by atoms with Gasteiger partial charge in [-0.15, -0.1) is 4.98 Å². The number of aromatic nitrogens is 4. The first-order valence-electron chi connectivity index (χ1n) is 6.30. The van der Waals surface area contributed by atoms with E-state index >= 15 is 0 Å². The van der Waals surface area contributed by atoms with Gasteiger partial charge in [-0.1, -0.05) is 0 Å². The minimum absolute atomic E-state index is 0. The van der Waals surface area contributed by atoms with Crippen LogP contribution in [0.25, 0.3) is 5.95 Å². The van der Waals surface area contributed by atoms with Gasteiger partial charge >= 0.3 is 30.0 Å². The number of hydrogen-bond donors (Lipinski definition) is 4. The highest BCUT2D eigenvalue weighted by Crippen LogP contribution is 2.09. The lowest BCUT2D eigenvalue weighted by Gasteiger charge is -2.11. The van der Waals surface area contributed by atoms with Crippen molar-refractivity contribution in [3.05, 3.63) is 24.5 Å². The van der Waals surface area contributed by atoms with E-state index in [0.717, 1.165) is 5.69 Å². The van der Waals surface area contributed by atoms with Crippen LogP contribution in [0.5, 0.6) is 0 Å². The molecule has 0 radical (unpaired) electrons. The van der Waals surface area contributed by atoms with E-state index in [0.29, 0.717) is 0 Å². The molecule has 2 rings (SSSR count). The second kappa shape index (κ2) is 7.87. The van der Waals surface area contributed by atoms with E-state index in [9.17, 15) is 9.59 Å². The van der Waals surface area contributed by atoms with Gasteiger partial charge in [0.05, 0.1) is 12.4 Å². The Balaban J connectivity index is 0.00000288. The monoisotopic (exact) mass is 355 g/mol. The number of carbonyl (C=O) groups is 2. The molecule has 128 valence electrons. The summed E-state index contributed by atoms with van der Waals surface area (Å²) in [5, 5.41) is 21.4. The number of rotatable bonds is 4. The summed E-state index contributed by atoms with van der Waals surface area (Å²) in [4.78, 5) is 34.8. The minimum Gasteiger partial charge on any atom is -1.00 e. The van der Waals surface area contributed by atoms with Crippen molar-refractivity contribution in [2.45, 2.75) is 0 Å². The van der Waals surface area contributed by atoms with Crippen LogP contribution < -0.4 is 32.5 Å². The van der Waals surface area contributed by atoms with E-state index in [-0.39, 0.29) is 30.3 Å². The summed E-state index contributed by atoms with van der Waals surface area (Å²) in [7, 11) is 3.76. The Morgan fingerprint density at radius 2 is 1.46 bits per heavy atom. The zero-order valence-electron chi connectivity index (χ0n) is 12.6. The Morgan fingerprint density at radius 1 is 1.00 bits per heavy atom. The van der Waals surface area contributed by atoms with Crippen LogP contribution in [0.3, 0.4) is 0 Å². The molecule has 24 heavy (non-hydrogen) atoms. The molecule has 2 aromatic rings. The summed E-state index contributed by atoms with van der Waals surface area (Å²) < 4.78 is 1.49. The lowest BCUT2D eigenvalue weighted by atomic mass is 10.4. The number of carboxylic acid groups (broad SMARTS) is 2. The van der Waals surface area contributed by atoms with Crippen LogP contribution in [-0.4, -0.2) is 51.4 Å². The highest BCUT2D eigenvalue weighted by molar-refractivity contribution is 5.82. The molecule has 0 fully saturated rings. The molecule has 0 aromatic carbocycles. The molecule has 0 atom stereocenters. The van der Waals surface area contributed by atoms with Crippen molar-refractivity contribution in [3.63, 3.8) is 0 Å². The van der Waals surface area contributed by atoms with Crippen molar-refractivity contribution in [1.82, 2.24) is 15.0 Å². The van der Waals surface area contributed by atoms with Gasteiger partial charge in [0.25, 0.3) is 0 Å². The fourth-order valence-corrected chi connectivity index (χ4v) is 1.63. The molecule has 0 saturated carbocycles. The van der Waals surface area contributed by atoms with Crippen LogP contribution >= 0.6 is 0 Å². The predicted molar refractivity (Wildman–Crippen MR) is 79.0 cm³/mol. The Morgan fingerprint density at radius 3 is 1.83 bits per heavy atom. The standard InChI is InChI=1S/C12H13N7O4.ClH/c1-18(2)7-3-5-19(6-4-7)10-14-8(16-11(20)21)13-9(15-10)17-12(22)23;/h3-6H,1-2H3,(H3-,13,14,15,16,17,20,21,22,23);1H. The molecule has 0 aliphatic heterocycles. The first-order valence-corrected chi connectivity index (χ1v) is 6.30. The van der Waals surface area contributed by atoms with Crippen LogP contribution in [0.2, 0.25) is 0 Å². The lowest BCUT2D eigenvalue weighted by Crippen LogP contribution is -3.00. The molecule has 0 unspecified atom stereocenters. The fraction of sp³-hybridized carbons (Fsp3) is 0.167. The fourth-order valence-electron chi connectivity index (χ4n) is 1.63. The van der Waals surface area contributed by atoms with Gasteiger partial charge in [-0.2, -0.15) is 0 Å². The van der Waals surface area contributed by atoms with E-state index in [1.807, 2.05) is 29.6 Å². The number of nitrogens with one attached hydrogen (secondary N) is 2. The Labute approximate surface area is 142 Å². The molecule has 0 aliphatic carbocycles. The van der Waals surface area contributed by atoms with Gasteiger partial charge in [-0.3, -0.25) is 0 Å². The third-order valence-electron chi connectivity index (χ3n) is 2.62. The zero-order valence-corrected chi connectivity index (χ0v) is 13.4. The number of pyridine rings is 1. The smallest absolute Gasteiger partial charge is 0.444 e. The second-order valence-electron chi connectivity index (χ2n) is 4.50. The molecule has 0 aliphatic rings. The quantitative estimate of drug-likeness (QED) is 0.437. The van der Waals surface area contributed by atoms with Crippen LogP contribution in [0, 0.1) is 0 Å². The molecule has 0 saturated heterocycles. The van der Waals surface area contributed by atoms with E-state index in [4.69, 9.17) is 10.2 Å². The van der Waals surface area contributed by atoms with Gasteiger partial charge in [0, 0.05) is 19.8 Å². The highest BCUT2D eigenvalue weighted by atomic mass is 35.5. The topological polar surface area (TPSA) is 144 Å². The van der Waals surface area contributed by atoms with Crippen LogP contribution in [0.4, 0.5) is 27.2 Å². The van der Waals surface area contributed by atoms with E-state index < -0.39 is 12.2 Å². The predicted octanol–water partition coefficient (Wildman–Crippen LogP) is -2.60. The number of hydrogen-bond acceptors (Lipinski definition) is 6. The summed E-state index contributed by atoms with van der Waals surface area (Å²) in [5.74, 6) is -0.538. The third-order valence-corrected chi connectivity index (χ3v) is 2.62. The maximum Gasteiger partial charge on any atom is 0.444 e.